The number of rotatable bonds is 3. The molecule has 0 spiro atoms. The van der Waals surface area contributed by atoms with E-state index < -0.39 is 0 Å². The van der Waals surface area contributed by atoms with Crippen molar-refractivity contribution < 1.29 is 8.91 Å². The van der Waals surface area contributed by atoms with Crippen molar-refractivity contribution in [3.63, 3.8) is 0 Å². The van der Waals surface area contributed by atoms with Gasteiger partial charge in [0, 0.05) is 13.0 Å². The summed E-state index contributed by atoms with van der Waals surface area (Å²) < 4.78 is 18.2. The lowest BCUT2D eigenvalue weighted by molar-refractivity contribution is 0.337. The van der Waals surface area contributed by atoms with Crippen molar-refractivity contribution in [1.29, 1.82) is 0 Å². The van der Waals surface area contributed by atoms with Crippen molar-refractivity contribution in [1.82, 2.24) is 15.5 Å². The molecule has 3 rings (SSSR count). The monoisotopic (exact) mass is 261 g/mol. The molecule has 2 unspecified atom stereocenters. The zero-order chi connectivity index (χ0) is 13.2. The van der Waals surface area contributed by atoms with Crippen LogP contribution in [0.1, 0.15) is 30.1 Å². The lowest BCUT2D eigenvalue weighted by atomic mass is 9.98. The molecule has 1 aromatic carbocycles. The van der Waals surface area contributed by atoms with Crippen LogP contribution in [-0.4, -0.2) is 23.2 Å². The Hall–Kier alpha value is -1.75. The van der Waals surface area contributed by atoms with Crippen LogP contribution in [0.4, 0.5) is 4.39 Å². The highest BCUT2D eigenvalue weighted by molar-refractivity contribution is 5.19. The Balaban J connectivity index is 1.72. The zero-order valence-corrected chi connectivity index (χ0v) is 10.8. The Bertz CT molecular complexity index is 552. The van der Waals surface area contributed by atoms with E-state index in [9.17, 15) is 4.39 Å². The predicted octanol–water partition coefficient (Wildman–Crippen LogP) is 2.12. The average molecular weight is 261 g/mol. The molecule has 1 aliphatic rings. The van der Waals surface area contributed by atoms with Crippen LogP contribution in [0.2, 0.25) is 0 Å². The van der Waals surface area contributed by atoms with E-state index >= 15 is 0 Å². The summed E-state index contributed by atoms with van der Waals surface area (Å²) in [6, 6.07) is 6.37. The summed E-state index contributed by atoms with van der Waals surface area (Å²) in [6.45, 7) is 4.05. The van der Waals surface area contributed by atoms with Crippen molar-refractivity contribution in [3.8, 4) is 0 Å². The summed E-state index contributed by atoms with van der Waals surface area (Å²) >= 11 is 0. The summed E-state index contributed by atoms with van der Waals surface area (Å²) in [5, 5.41) is 7.32. The standard InChI is InChI=1S/C14H16FN3O/c1-9-7-16-8-12(9)14-17-13(18-19-14)6-10-2-4-11(15)5-3-10/h2-5,9,12,16H,6-8H2,1H3. The molecule has 1 aromatic heterocycles. The molecule has 0 radical (unpaired) electrons. The summed E-state index contributed by atoms with van der Waals surface area (Å²) in [6.07, 6.45) is 0.568. The molecule has 4 nitrogen and oxygen atoms in total. The van der Waals surface area contributed by atoms with Crippen LogP contribution in [0.15, 0.2) is 28.8 Å². The highest BCUT2D eigenvalue weighted by Crippen LogP contribution is 2.26. The largest absolute Gasteiger partial charge is 0.339 e. The molecule has 1 aliphatic heterocycles. The smallest absolute Gasteiger partial charge is 0.231 e. The normalized spacial score (nSPS) is 22.8. The first kappa shape index (κ1) is 12.3. The first-order chi connectivity index (χ1) is 9.22. The molecule has 0 bridgehead atoms. The second-order valence-corrected chi connectivity index (χ2v) is 5.09. The van der Waals surface area contributed by atoms with Gasteiger partial charge in [-0.15, -0.1) is 0 Å². The van der Waals surface area contributed by atoms with Gasteiger partial charge in [0.1, 0.15) is 5.82 Å². The molecule has 100 valence electrons. The van der Waals surface area contributed by atoms with Crippen LogP contribution < -0.4 is 5.32 Å². The molecular weight excluding hydrogens is 245 g/mol. The van der Waals surface area contributed by atoms with Crippen molar-refractivity contribution >= 4 is 0 Å². The summed E-state index contributed by atoms with van der Waals surface area (Å²) in [4.78, 5) is 4.45. The van der Waals surface area contributed by atoms with Gasteiger partial charge < -0.3 is 9.84 Å². The zero-order valence-electron chi connectivity index (χ0n) is 10.8. The summed E-state index contributed by atoms with van der Waals surface area (Å²) in [7, 11) is 0. The number of nitrogens with zero attached hydrogens (tertiary/aromatic N) is 2. The van der Waals surface area contributed by atoms with Crippen molar-refractivity contribution in [2.75, 3.05) is 13.1 Å². The maximum absolute atomic E-state index is 12.8. The van der Waals surface area contributed by atoms with Crippen LogP contribution in [0.25, 0.3) is 0 Å². The van der Waals surface area contributed by atoms with Gasteiger partial charge in [-0.25, -0.2) is 4.39 Å². The quantitative estimate of drug-likeness (QED) is 0.919. The van der Waals surface area contributed by atoms with Crippen LogP contribution in [0, 0.1) is 11.7 Å². The summed E-state index contributed by atoms with van der Waals surface area (Å²) in [5.41, 5.74) is 0.978. The van der Waals surface area contributed by atoms with Gasteiger partial charge in [0.2, 0.25) is 5.89 Å². The van der Waals surface area contributed by atoms with Gasteiger partial charge in [0.15, 0.2) is 5.82 Å². The van der Waals surface area contributed by atoms with Crippen molar-refractivity contribution in [2.24, 2.45) is 5.92 Å². The number of halogens is 1. The molecule has 2 aromatic rings. The lowest BCUT2D eigenvalue weighted by Gasteiger charge is -2.07. The molecule has 19 heavy (non-hydrogen) atoms. The van der Waals surface area contributed by atoms with Gasteiger partial charge in [-0.1, -0.05) is 24.2 Å². The Morgan fingerprint density at radius 3 is 2.79 bits per heavy atom. The second-order valence-electron chi connectivity index (χ2n) is 5.09. The van der Waals surface area contributed by atoms with E-state index in [4.69, 9.17) is 4.52 Å². The predicted molar refractivity (Wildman–Crippen MR) is 68.3 cm³/mol. The molecule has 0 aliphatic carbocycles. The third-order valence-corrected chi connectivity index (χ3v) is 3.59. The third kappa shape index (κ3) is 2.66. The molecule has 1 N–H and O–H groups in total. The number of benzene rings is 1. The minimum absolute atomic E-state index is 0.233. The van der Waals surface area contributed by atoms with Crippen LogP contribution in [-0.2, 0) is 6.42 Å². The molecular formula is C14H16FN3O. The molecule has 0 saturated carbocycles. The van der Waals surface area contributed by atoms with E-state index in [0.29, 0.717) is 30.0 Å². The Morgan fingerprint density at radius 1 is 1.32 bits per heavy atom. The van der Waals surface area contributed by atoms with Gasteiger partial charge in [-0.2, -0.15) is 4.98 Å². The third-order valence-electron chi connectivity index (χ3n) is 3.59. The van der Waals surface area contributed by atoms with E-state index in [0.717, 1.165) is 18.7 Å². The number of hydrogen-bond donors (Lipinski definition) is 1. The maximum Gasteiger partial charge on any atom is 0.231 e. The Labute approximate surface area is 111 Å². The molecule has 2 heterocycles. The highest BCUT2D eigenvalue weighted by atomic mass is 19.1. The number of aromatic nitrogens is 2. The van der Waals surface area contributed by atoms with Gasteiger partial charge >= 0.3 is 0 Å². The first-order valence-electron chi connectivity index (χ1n) is 6.50. The van der Waals surface area contributed by atoms with Gasteiger partial charge in [-0.05, 0) is 30.2 Å². The fourth-order valence-electron chi connectivity index (χ4n) is 2.42. The molecule has 1 saturated heterocycles. The minimum Gasteiger partial charge on any atom is -0.339 e. The van der Waals surface area contributed by atoms with E-state index in [1.165, 1.54) is 12.1 Å². The van der Waals surface area contributed by atoms with Gasteiger partial charge in [0.25, 0.3) is 0 Å². The van der Waals surface area contributed by atoms with Crippen LogP contribution >= 0.6 is 0 Å². The average Bonchev–Trinajstić information content (AvgIpc) is 3.01. The van der Waals surface area contributed by atoms with Gasteiger partial charge in [-0.3, -0.25) is 0 Å². The number of hydrogen-bond acceptors (Lipinski definition) is 4. The Kier molecular flexibility index (Phi) is 3.29. The maximum atomic E-state index is 12.8. The van der Waals surface area contributed by atoms with Crippen LogP contribution in [0.3, 0.4) is 0 Å². The topological polar surface area (TPSA) is 51.0 Å². The molecule has 0 amide bonds. The van der Waals surface area contributed by atoms with E-state index in [1.54, 1.807) is 12.1 Å². The van der Waals surface area contributed by atoms with E-state index in [1.807, 2.05) is 0 Å². The van der Waals surface area contributed by atoms with Crippen molar-refractivity contribution in [2.45, 2.75) is 19.3 Å². The molecule has 5 heteroatoms. The molecule has 1 fully saturated rings. The summed E-state index contributed by atoms with van der Waals surface area (Å²) in [5.74, 6) is 1.94. The van der Waals surface area contributed by atoms with Gasteiger partial charge in [0.05, 0.1) is 5.92 Å². The van der Waals surface area contributed by atoms with E-state index in [-0.39, 0.29) is 5.82 Å². The Morgan fingerprint density at radius 2 is 2.11 bits per heavy atom. The highest BCUT2D eigenvalue weighted by Gasteiger charge is 2.29. The van der Waals surface area contributed by atoms with Crippen molar-refractivity contribution in [3.05, 3.63) is 47.4 Å². The second kappa shape index (κ2) is 5.09. The SMILES string of the molecule is CC1CNCC1c1nc(Cc2ccc(F)cc2)no1. The fourth-order valence-corrected chi connectivity index (χ4v) is 2.42. The minimum atomic E-state index is -0.233. The van der Waals surface area contributed by atoms with Crippen LogP contribution in [0.5, 0.6) is 0 Å². The van der Waals surface area contributed by atoms with E-state index in [2.05, 4.69) is 22.4 Å². The fraction of sp³-hybridized carbons (Fsp3) is 0.429. The molecule has 2 atom stereocenters. The number of nitrogens with one attached hydrogen (secondary N) is 1. The lowest BCUT2D eigenvalue weighted by Crippen LogP contribution is -2.08. The first-order valence-corrected chi connectivity index (χ1v) is 6.50.